The Morgan fingerprint density at radius 2 is 1.67 bits per heavy atom. The molecule has 3 amide bonds. The molecule has 0 bridgehead atoms. The molecule has 0 aliphatic carbocycles. The molecule has 0 saturated carbocycles. The second kappa shape index (κ2) is 18.2. The maximum absolute atomic E-state index is 13.3. The number of carbonyl (C=O) groups is 4. The standard InChI is InChI=1S/C26H37ClN6O6/c1-5-8-21(25(37)38-4)32-23(35)20(9-7-14-29-26(28)33-27)31-24(36)22(30-17(3)34)16-18-10-12-19(13-11-18)39-15-6-2/h5-6,10-13,20-22H,1-2,7-9,14-16H2,3-4H3,(H,30,34)(H,31,36)(H,32,35)(H3,28,29,33)/t20-,21+,22+/m1/s1. The van der Waals surface area contributed by atoms with Crippen LogP contribution in [0.25, 0.3) is 0 Å². The highest BCUT2D eigenvalue weighted by Crippen LogP contribution is 2.14. The summed E-state index contributed by atoms with van der Waals surface area (Å²) in [5, 5.41) is 7.90. The number of ether oxygens (including phenoxy) is 2. The molecule has 0 saturated heterocycles. The zero-order valence-corrected chi connectivity index (χ0v) is 23.0. The molecule has 39 heavy (non-hydrogen) atoms. The average molecular weight is 565 g/mol. The van der Waals surface area contributed by atoms with Crippen molar-refractivity contribution in [1.82, 2.24) is 20.8 Å². The fourth-order valence-corrected chi connectivity index (χ4v) is 3.49. The van der Waals surface area contributed by atoms with E-state index in [9.17, 15) is 19.2 Å². The lowest BCUT2D eigenvalue weighted by Gasteiger charge is -2.24. The van der Waals surface area contributed by atoms with Crippen molar-refractivity contribution >= 4 is 41.4 Å². The van der Waals surface area contributed by atoms with E-state index in [1.54, 1.807) is 30.3 Å². The number of benzene rings is 1. The molecule has 1 aromatic carbocycles. The summed E-state index contributed by atoms with van der Waals surface area (Å²) in [6, 6.07) is 4.01. The summed E-state index contributed by atoms with van der Waals surface area (Å²) in [7, 11) is 1.20. The lowest BCUT2D eigenvalue weighted by Crippen LogP contribution is -2.56. The lowest BCUT2D eigenvalue weighted by molar-refractivity contribution is -0.145. The van der Waals surface area contributed by atoms with Crippen LogP contribution < -0.4 is 31.3 Å². The van der Waals surface area contributed by atoms with Gasteiger partial charge in [0.2, 0.25) is 23.7 Å². The van der Waals surface area contributed by atoms with E-state index in [2.05, 4.69) is 38.9 Å². The van der Waals surface area contributed by atoms with Crippen molar-refractivity contribution in [1.29, 1.82) is 0 Å². The second-order valence-corrected chi connectivity index (χ2v) is 8.56. The first-order valence-corrected chi connectivity index (χ1v) is 12.6. The van der Waals surface area contributed by atoms with E-state index < -0.39 is 41.8 Å². The largest absolute Gasteiger partial charge is 0.490 e. The minimum absolute atomic E-state index is 0.00470. The Balaban J connectivity index is 3.07. The molecule has 6 N–H and O–H groups in total. The van der Waals surface area contributed by atoms with E-state index >= 15 is 0 Å². The molecule has 0 aliphatic heterocycles. The van der Waals surface area contributed by atoms with Crippen LogP contribution in [-0.2, 0) is 30.3 Å². The normalized spacial score (nSPS) is 13.2. The fourth-order valence-electron chi connectivity index (χ4n) is 3.43. The first-order valence-electron chi connectivity index (χ1n) is 12.2. The van der Waals surface area contributed by atoms with Crippen molar-refractivity contribution in [3.63, 3.8) is 0 Å². The molecule has 0 spiro atoms. The fraction of sp³-hybridized carbons (Fsp3) is 0.423. The Labute approximate surface area is 233 Å². The summed E-state index contributed by atoms with van der Waals surface area (Å²) in [5.41, 5.74) is 6.27. The van der Waals surface area contributed by atoms with Crippen LogP contribution in [0.3, 0.4) is 0 Å². The number of rotatable bonds is 17. The predicted molar refractivity (Wildman–Crippen MR) is 149 cm³/mol. The number of esters is 1. The summed E-state index contributed by atoms with van der Waals surface area (Å²) in [6.07, 6.45) is 3.87. The molecule has 0 aliphatic rings. The molecule has 12 nitrogen and oxygen atoms in total. The van der Waals surface area contributed by atoms with E-state index in [1.165, 1.54) is 20.1 Å². The van der Waals surface area contributed by atoms with Crippen molar-refractivity contribution in [2.24, 2.45) is 10.7 Å². The zero-order chi connectivity index (χ0) is 29.2. The van der Waals surface area contributed by atoms with E-state index in [-0.39, 0.29) is 31.8 Å². The third-order valence-electron chi connectivity index (χ3n) is 5.29. The summed E-state index contributed by atoms with van der Waals surface area (Å²) < 4.78 is 10.2. The van der Waals surface area contributed by atoms with Gasteiger partial charge in [0.1, 0.15) is 30.5 Å². The molecule has 0 fully saturated rings. The van der Waals surface area contributed by atoms with Crippen molar-refractivity contribution in [2.45, 2.75) is 50.7 Å². The molecule has 1 rings (SSSR count). The van der Waals surface area contributed by atoms with Gasteiger partial charge in [-0.1, -0.05) is 30.9 Å². The van der Waals surface area contributed by atoms with Gasteiger partial charge in [0, 0.05) is 31.7 Å². The monoisotopic (exact) mass is 564 g/mol. The highest BCUT2D eigenvalue weighted by atomic mass is 35.5. The molecule has 0 unspecified atom stereocenters. The van der Waals surface area contributed by atoms with Crippen molar-refractivity contribution < 1.29 is 28.7 Å². The van der Waals surface area contributed by atoms with Gasteiger partial charge in [-0.15, -0.1) is 6.58 Å². The molecule has 13 heteroatoms. The number of hydrogen-bond donors (Lipinski definition) is 5. The smallest absolute Gasteiger partial charge is 0.328 e. The number of nitrogens with one attached hydrogen (secondary N) is 4. The maximum atomic E-state index is 13.3. The number of nitrogens with zero attached hydrogens (tertiary/aromatic N) is 1. The third kappa shape index (κ3) is 12.8. The van der Waals surface area contributed by atoms with Gasteiger partial charge in [-0.05, 0) is 37.0 Å². The third-order valence-corrected chi connectivity index (χ3v) is 5.49. The number of hydrogen-bond acceptors (Lipinski definition) is 7. The number of guanidine groups is 1. The number of amides is 3. The van der Waals surface area contributed by atoms with Gasteiger partial charge >= 0.3 is 5.97 Å². The van der Waals surface area contributed by atoms with Crippen LogP contribution in [0.5, 0.6) is 5.75 Å². The predicted octanol–water partition coefficient (Wildman–Crippen LogP) is 0.856. The minimum atomic E-state index is -1.05. The van der Waals surface area contributed by atoms with E-state index in [1.807, 2.05) is 0 Å². The number of aliphatic imine (C=N–C) groups is 1. The average Bonchev–Trinajstić information content (AvgIpc) is 2.92. The number of nitrogens with two attached hydrogens (primary N) is 1. The van der Waals surface area contributed by atoms with Crippen LogP contribution in [0.2, 0.25) is 0 Å². The number of methoxy groups -OCH3 is 1. The van der Waals surface area contributed by atoms with Gasteiger partial charge in [0.05, 0.1) is 7.11 Å². The quantitative estimate of drug-likeness (QED) is 0.0462. The second-order valence-electron chi connectivity index (χ2n) is 8.37. The molecule has 0 heterocycles. The van der Waals surface area contributed by atoms with Gasteiger partial charge in [-0.3, -0.25) is 24.2 Å². The van der Waals surface area contributed by atoms with Crippen LogP contribution in [0.1, 0.15) is 31.7 Å². The first kappa shape index (κ1) is 33.0. The van der Waals surface area contributed by atoms with E-state index in [4.69, 9.17) is 27.0 Å². The van der Waals surface area contributed by atoms with Crippen molar-refractivity contribution in [3.05, 3.63) is 55.1 Å². The van der Waals surface area contributed by atoms with Crippen LogP contribution in [0.15, 0.2) is 54.6 Å². The molecule has 3 atom stereocenters. The Hall–Kier alpha value is -4.06. The number of carbonyl (C=O) groups excluding carboxylic acids is 4. The summed E-state index contributed by atoms with van der Waals surface area (Å²) >= 11 is 5.39. The van der Waals surface area contributed by atoms with Crippen LogP contribution in [0.4, 0.5) is 0 Å². The summed E-state index contributed by atoms with van der Waals surface area (Å²) in [5.74, 6) is -1.64. The van der Waals surface area contributed by atoms with Gasteiger partial charge in [-0.2, -0.15) is 0 Å². The molecule has 1 aromatic rings. The molecular weight excluding hydrogens is 528 g/mol. The Bertz CT molecular complexity index is 1020. The zero-order valence-electron chi connectivity index (χ0n) is 22.2. The van der Waals surface area contributed by atoms with Crippen molar-refractivity contribution in [3.8, 4) is 5.75 Å². The molecule has 0 radical (unpaired) electrons. The van der Waals surface area contributed by atoms with Crippen LogP contribution in [0, 0.1) is 0 Å². The first-order chi connectivity index (χ1) is 18.6. The Kier molecular flexibility index (Phi) is 15.4. The van der Waals surface area contributed by atoms with Crippen LogP contribution >= 0.6 is 11.8 Å². The van der Waals surface area contributed by atoms with Gasteiger partial charge in [0.25, 0.3) is 0 Å². The lowest BCUT2D eigenvalue weighted by atomic mass is 10.0. The van der Waals surface area contributed by atoms with E-state index in [0.717, 1.165) is 5.56 Å². The van der Waals surface area contributed by atoms with Gasteiger partial charge < -0.3 is 31.2 Å². The summed E-state index contributed by atoms with van der Waals surface area (Å²) in [6.45, 7) is 9.05. The number of halogens is 1. The molecular formula is C26H37ClN6O6. The Morgan fingerprint density at radius 1 is 1.03 bits per heavy atom. The molecule has 214 valence electrons. The summed E-state index contributed by atoms with van der Waals surface area (Å²) in [4.78, 5) is 56.5. The Morgan fingerprint density at radius 3 is 2.23 bits per heavy atom. The highest BCUT2D eigenvalue weighted by molar-refractivity contribution is 6.21. The maximum Gasteiger partial charge on any atom is 0.328 e. The molecule has 0 aromatic heterocycles. The SMILES string of the molecule is C=CCOc1ccc(C[C@H](NC(C)=O)C(=O)N[C@H](CCCN=C(N)NCl)C(=O)N[C@@H](CC=C)C(=O)OC)cc1. The minimum Gasteiger partial charge on any atom is -0.490 e. The topological polar surface area (TPSA) is 173 Å². The van der Waals surface area contributed by atoms with Crippen LogP contribution in [-0.4, -0.2) is 68.0 Å². The van der Waals surface area contributed by atoms with Crippen molar-refractivity contribution in [2.75, 3.05) is 20.3 Å². The highest BCUT2D eigenvalue weighted by Gasteiger charge is 2.29. The van der Waals surface area contributed by atoms with Gasteiger partial charge in [-0.25, -0.2) is 4.79 Å². The van der Waals surface area contributed by atoms with Gasteiger partial charge in [0.15, 0.2) is 0 Å². The van der Waals surface area contributed by atoms with E-state index in [0.29, 0.717) is 18.8 Å².